The van der Waals surface area contributed by atoms with Crippen LogP contribution in [0.1, 0.15) is 36.3 Å². The number of sulfonamides is 1. The zero-order valence-corrected chi connectivity index (χ0v) is 13.0. The average Bonchev–Trinajstić information content (AvgIpc) is 2.79. The molecule has 0 amide bonds. The van der Waals surface area contributed by atoms with Gasteiger partial charge in [-0.1, -0.05) is 0 Å². The summed E-state index contributed by atoms with van der Waals surface area (Å²) in [5.41, 5.74) is 1.02. The van der Waals surface area contributed by atoms with Gasteiger partial charge in [0.15, 0.2) is 5.13 Å². The summed E-state index contributed by atoms with van der Waals surface area (Å²) in [6.07, 6.45) is 4.51. The van der Waals surface area contributed by atoms with Gasteiger partial charge in [0.25, 0.3) is 0 Å². The number of esters is 1. The van der Waals surface area contributed by atoms with Crippen molar-refractivity contribution in [3.8, 4) is 0 Å². The first-order valence-corrected chi connectivity index (χ1v) is 9.03. The highest BCUT2D eigenvalue weighted by atomic mass is 32.2. The van der Waals surface area contributed by atoms with Crippen LogP contribution in [0.15, 0.2) is 0 Å². The van der Waals surface area contributed by atoms with Crippen LogP contribution in [0.3, 0.4) is 0 Å². The number of thiazole rings is 1. The topological polar surface area (TPSA) is 85.4 Å². The Morgan fingerprint density at radius 2 is 2.15 bits per heavy atom. The van der Waals surface area contributed by atoms with Gasteiger partial charge in [-0.15, -0.1) is 11.3 Å². The molecule has 1 aliphatic carbocycles. The minimum Gasteiger partial charge on any atom is -0.469 e. The van der Waals surface area contributed by atoms with E-state index in [4.69, 9.17) is 0 Å². The summed E-state index contributed by atoms with van der Waals surface area (Å²) >= 11 is 1.41. The summed E-state index contributed by atoms with van der Waals surface area (Å²) in [4.78, 5) is 16.5. The quantitative estimate of drug-likeness (QED) is 0.807. The van der Waals surface area contributed by atoms with Crippen LogP contribution in [0.5, 0.6) is 0 Å². The second-order valence-corrected chi connectivity index (χ2v) is 7.62. The number of nitrogens with one attached hydrogen (secondary N) is 1. The Balaban J connectivity index is 1.91. The minimum absolute atomic E-state index is 0.103. The predicted octanol–water partition coefficient (Wildman–Crippen LogP) is 1.72. The van der Waals surface area contributed by atoms with Crippen molar-refractivity contribution in [1.82, 2.24) is 4.98 Å². The van der Waals surface area contributed by atoms with Gasteiger partial charge < -0.3 is 4.74 Å². The van der Waals surface area contributed by atoms with Crippen molar-refractivity contribution in [2.45, 2.75) is 38.5 Å². The number of anilines is 1. The fraction of sp³-hybridized carbons (Fsp3) is 0.667. The van der Waals surface area contributed by atoms with E-state index in [0.29, 0.717) is 5.13 Å². The molecule has 6 nitrogen and oxygen atoms in total. The molecule has 2 rings (SSSR count). The van der Waals surface area contributed by atoms with Crippen LogP contribution >= 0.6 is 11.3 Å². The van der Waals surface area contributed by atoms with Crippen LogP contribution in [0, 0.1) is 0 Å². The van der Waals surface area contributed by atoms with Gasteiger partial charge >= 0.3 is 5.97 Å². The largest absolute Gasteiger partial charge is 0.469 e. The maximum atomic E-state index is 11.9. The molecule has 112 valence electrons. The molecule has 0 saturated heterocycles. The molecule has 1 aromatic heterocycles. The number of nitrogens with zero attached hydrogens (tertiary/aromatic N) is 1. The number of hydrogen-bond acceptors (Lipinski definition) is 6. The van der Waals surface area contributed by atoms with E-state index < -0.39 is 16.0 Å². The van der Waals surface area contributed by atoms with Gasteiger partial charge in [0, 0.05) is 11.3 Å². The number of methoxy groups -OCH3 is 1. The fourth-order valence-corrected chi connectivity index (χ4v) is 4.48. The highest BCUT2D eigenvalue weighted by Gasteiger charge is 2.18. The zero-order chi connectivity index (χ0) is 14.6. The number of ether oxygens (including phenoxy) is 1. The maximum Gasteiger partial charge on any atom is 0.305 e. The molecule has 8 heteroatoms. The van der Waals surface area contributed by atoms with Crippen LogP contribution in [0.4, 0.5) is 5.13 Å². The van der Waals surface area contributed by atoms with E-state index in [1.165, 1.54) is 23.3 Å². The molecule has 0 fully saturated rings. The molecule has 0 bridgehead atoms. The van der Waals surface area contributed by atoms with E-state index >= 15 is 0 Å². The first-order chi connectivity index (χ1) is 9.50. The SMILES string of the molecule is COC(=O)CCCS(=O)(=O)Nc1nc2c(s1)CCCC2. The maximum absolute atomic E-state index is 11.9. The standard InChI is InChI=1S/C12H18N2O4S2/c1-18-11(15)7-4-8-20(16,17)14-12-13-9-5-2-3-6-10(9)19-12/h2-8H2,1H3,(H,13,14). The molecule has 1 heterocycles. The average molecular weight is 318 g/mol. The van der Waals surface area contributed by atoms with Crippen molar-refractivity contribution in [1.29, 1.82) is 0 Å². The third-order valence-electron chi connectivity index (χ3n) is 3.11. The molecular formula is C12H18N2O4S2. The van der Waals surface area contributed by atoms with Gasteiger partial charge in [-0.25, -0.2) is 13.4 Å². The lowest BCUT2D eigenvalue weighted by atomic mass is 10.0. The van der Waals surface area contributed by atoms with Crippen molar-refractivity contribution < 1.29 is 17.9 Å². The van der Waals surface area contributed by atoms with E-state index in [2.05, 4.69) is 14.4 Å². The van der Waals surface area contributed by atoms with Crippen molar-refractivity contribution >= 4 is 32.5 Å². The number of aromatic nitrogens is 1. The van der Waals surface area contributed by atoms with Gasteiger partial charge in [-0.2, -0.15) is 0 Å². The van der Waals surface area contributed by atoms with Crippen LogP contribution in [0.25, 0.3) is 0 Å². The Kier molecular flexibility index (Phi) is 4.98. The number of hydrogen-bond donors (Lipinski definition) is 1. The second kappa shape index (κ2) is 6.53. The first-order valence-electron chi connectivity index (χ1n) is 6.56. The lowest BCUT2D eigenvalue weighted by molar-refractivity contribution is -0.140. The number of carbonyl (C=O) groups excluding carboxylic acids is 1. The predicted molar refractivity (Wildman–Crippen MR) is 77.4 cm³/mol. The third-order valence-corrected chi connectivity index (χ3v) is 5.64. The fourth-order valence-electron chi connectivity index (χ4n) is 2.09. The summed E-state index contributed by atoms with van der Waals surface area (Å²) in [5, 5.41) is 0.440. The number of aryl methyl sites for hydroxylation is 2. The summed E-state index contributed by atoms with van der Waals surface area (Å²) in [6, 6.07) is 0. The molecule has 0 atom stereocenters. The Morgan fingerprint density at radius 3 is 2.85 bits per heavy atom. The highest BCUT2D eigenvalue weighted by Crippen LogP contribution is 2.30. The van der Waals surface area contributed by atoms with Gasteiger partial charge in [0.05, 0.1) is 18.6 Å². The van der Waals surface area contributed by atoms with E-state index in [0.717, 1.165) is 31.4 Å². The van der Waals surface area contributed by atoms with Crippen LogP contribution in [-0.4, -0.2) is 32.2 Å². The molecule has 1 aliphatic rings. The molecule has 20 heavy (non-hydrogen) atoms. The Hall–Kier alpha value is -1.15. The Bertz CT molecular complexity index is 557. The van der Waals surface area contributed by atoms with E-state index in [1.54, 1.807) is 0 Å². The van der Waals surface area contributed by atoms with Gasteiger partial charge in [-0.05, 0) is 32.1 Å². The summed E-state index contributed by atoms with van der Waals surface area (Å²) < 4.78 is 30.7. The normalized spacial score (nSPS) is 14.7. The summed E-state index contributed by atoms with van der Waals surface area (Å²) in [5.74, 6) is -0.503. The monoisotopic (exact) mass is 318 g/mol. The van der Waals surface area contributed by atoms with E-state index in [1.807, 2.05) is 0 Å². The lowest BCUT2D eigenvalue weighted by Crippen LogP contribution is -2.17. The molecule has 0 aromatic carbocycles. The molecule has 0 spiro atoms. The highest BCUT2D eigenvalue weighted by molar-refractivity contribution is 7.92. The zero-order valence-electron chi connectivity index (χ0n) is 11.3. The smallest absolute Gasteiger partial charge is 0.305 e. The van der Waals surface area contributed by atoms with Crippen molar-refractivity contribution in [2.75, 3.05) is 17.6 Å². The van der Waals surface area contributed by atoms with E-state index in [9.17, 15) is 13.2 Å². The second-order valence-electron chi connectivity index (χ2n) is 4.70. The van der Waals surface area contributed by atoms with Gasteiger partial charge in [0.2, 0.25) is 10.0 Å². The molecule has 0 aliphatic heterocycles. The third kappa shape index (κ3) is 4.17. The van der Waals surface area contributed by atoms with Gasteiger partial charge in [-0.3, -0.25) is 9.52 Å². The molecule has 0 unspecified atom stereocenters. The number of carbonyl (C=O) groups is 1. The molecule has 0 radical (unpaired) electrons. The number of fused-ring (bicyclic) bond motifs is 1. The number of rotatable bonds is 6. The Labute approximate surface area is 122 Å². The van der Waals surface area contributed by atoms with Crippen molar-refractivity contribution in [2.24, 2.45) is 0 Å². The van der Waals surface area contributed by atoms with E-state index in [-0.39, 0.29) is 18.6 Å². The minimum atomic E-state index is -3.45. The molecule has 1 aromatic rings. The van der Waals surface area contributed by atoms with Crippen molar-refractivity contribution in [3.63, 3.8) is 0 Å². The van der Waals surface area contributed by atoms with Crippen LogP contribution in [0.2, 0.25) is 0 Å². The van der Waals surface area contributed by atoms with Crippen LogP contribution in [-0.2, 0) is 32.4 Å². The van der Waals surface area contributed by atoms with Gasteiger partial charge in [0.1, 0.15) is 0 Å². The van der Waals surface area contributed by atoms with Crippen LogP contribution < -0.4 is 4.72 Å². The lowest BCUT2D eigenvalue weighted by Gasteiger charge is -2.06. The first kappa shape index (κ1) is 15.2. The molecular weight excluding hydrogens is 300 g/mol. The van der Waals surface area contributed by atoms with Crippen molar-refractivity contribution in [3.05, 3.63) is 10.6 Å². The summed E-state index contributed by atoms with van der Waals surface area (Å²) in [6.45, 7) is 0. The summed E-state index contributed by atoms with van der Waals surface area (Å²) in [7, 11) is -2.16. The Morgan fingerprint density at radius 1 is 1.40 bits per heavy atom. The molecule has 0 saturated carbocycles. The molecule has 1 N–H and O–H groups in total.